The quantitative estimate of drug-likeness (QED) is 0.444. The van der Waals surface area contributed by atoms with E-state index in [1.807, 2.05) is 26.8 Å². The highest BCUT2D eigenvalue weighted by Gasteiger charge is 2.66. The summed E-state index contributed by atoms with van der Waals surface area (Å²) in [7, 11) is 0. The van der Waals surface area contributed by atoms with Gasteiger partial charge < -0.3 is 20.3 Å². The van der Waals surface area contributed by atoms with Crippen LogP contribution in [0.15, 0.2) is 59.2 Å². The minimum atomic E-state index is -1.60. The first-order valence-electron chi connectivity index (χ1n) is 12.1. The van der Waals surface area contributed by atoms with Gasteiger partial charge in [0, 0.05) is 12.0 Å². The zero-order chi connectivity index (χ0) is 25.5. The highest BCUT2D eigenvalue weighted by atomic mass is 16.6. The number of nitrogens with one attached hydrogen (secondary N) is 1. The van der Waals surface area contributed by atoms with Crippen LogP contribution in [0.5, 0.6) is 5.75 Å². The lowest BCUT2D eigenvalue weighted by Gasteiger charge is -2.46. The van der Waals surface area contributed by atoms with Crippen LogP contribution < -0.4 is 5.32 Å². The van der Waals surface area contributed by atoms with E-state index in [1.54, 1.807) is 43.3 Å². The second-order valence-corrected chi connectivity index (χ2v) is 10.1. The van der Waals surface area contributed by atoms with Crippen LogP contribution in [-0.4, -0.2) is 45.6 Å². The molecule has 2 aliphatic heterocycles. The monoisotopic (exact) mass is 479 g/mol. The van der Waals surface area contributed by atoms with E-state index < -0.39 is 35.4 Å². The largest absolute Gasteiger partial charge is 0.508 e. The number of amides is 1. The van der Waals surface area contributed by atoms with E-state index in [4.69, 9.17) is 4.74 Å². The summed E-state index contributed by atoms with van der Waals surface area (Å²) >= 11 is 0. The predicted octanol–water partition coefficient (Wildman–Crippen LogP) is 3.16. The Hall–Kier alpha value is -3.19. The lowest BCUT2D eigenvalue weighted by atomic mass is 9.63. The summed E-state index contributed by atoms with van der Waals surface area (Å²) < 4.78 is 6.05. The Morgan fingerprint density at radius 2 is 1.77 bits per heavy atom. The van der Waals surface area contributed by atoms with Gasteiger partial charge in [-0.1, -0.05) is 42.9 Å². The van der Waals surface area contributed by atoms with Crippen molar-refractivity contribution in [3.63, 3.8) is 0 Å². The Morgan fingerprint density at radius 3 is 2.46 bits per heavy atom. The molecule has 1 aromatic rings. The Balaban J connectivity index is 1.81. The number of benzene rings is 1. The Morgan fingerprint density at radius 1 is 1.09 bits per heavy atom. The molecule has 35 heavy (non-hydrogen) atoms. The average molecular weight is 480 g/mol. The summed E-state index contributed by atoms with van der Waals surface area (Å²) in [4.78, 5) is 39.3. The van der Waals surface area contributed by atoms with Crippen LogP contribution in [0.3, 0.4) is 0 Å². The van der Waals surface area contributed by atoms with Gasteiger partial charge in [0.1, 0.15) is 5.75 Å². The maximum absolute atomic E-state index is 13.7. The molecule has 1 spiro atoms. The number of esters is 1. The topological polar surface area (TPSA) is 113 Å². The SMILES string of the molecule is CC1=CCC(=O)O[C@@]23C(=O)N[C@@H](Cc4ccc(O)cc4)C2C(C)=C(C)[C@@H](O)[C@@H]3C=CC[C@H](C)C1=O. The van der Waals surface area contributed by atoms with Gasteiger partial charge in [-0.25, -0.2) is 0 Å². The van der Waals surface area contributed by atoms with E-state index >= 15 is 0 Å². The number of aliphatic hydroxyl groups is 1. The summed E-state index contributed by atoms with van der Waals surface area (Å²) in [6.07, 6.45) is 4.88. The normalized spacial score (nSPS) is 33.7. The van der Waals surface area contributed by atoms with Crippen molar-refractivity contribution in [2.75, 3.05) is 0 Å². The number of carbonyl (C=O) groups is 3. The van der Waals surface area contributed by atoms with Crippen molar-refractivity contribution in [3.8, 4) is 5.75 Å². The number of aromatic hydroxyl groups is 1. The Labute approximate surface area is 205 Å². The van der Waals surface area contributed by atoms with Crippen LogP contribution in [0.25, 0.3) is 0 Å². The molecule has 186 valence electrons. The standard InChI is InChI=1S/C28H33NO6/c1-15-6-5-7-21-26(33)18(4)17(3)24-22(14-19-9-11-20(30)12-10-19)29-27(34)28(21,24)35-23(31)13-8-16(2)25(15)32/h5,7-12,15,21-22,24,26,30,33H,6,13-14H2,1-4H3,(H,29,34)/t15-,21-,22-,24?,26+,28+/m0/s1. The summed E-state index contributed by atoms with van der Waals surface area (Å²) in [5.41, 5.74) is 1.37. The number of phenolic OH excluding ortho intramolecular Hbond substituents is 1. The van der Waals surface area contributed by atoms with Gasteiger partial charge in [0.25, 0.3) is 5.91 Å². The van der Waals surface area contributed by atoms with Crippen LogP contribution in [0.1, 0.15) is 46.1 Å². The highest BCUT2D eigenvalue weighted by Crippen LogP contribution is 2.50. The molecule has 1 aliphatic carbocycles. The molecule has 3 N–H and O–H groups in total. The average Bonchev–Trinajstić information content (AvgIpc) is 3.09. The second kappa shape index (κ2) is 9.46. The van der Waals surface area contributed by atoms with E-state index in [2.05, 4.69) is 5.32 Å². The number of aliphatic hydroxyl groups excluding tert-OH is 1. The van der Waals surface area contributed by atoms with Crippen LogP contribution >= 0.6 is 0 Å². The van der Waals surface area contributed by atoms with Crippen molar-refractivity contribution in [2.45, 2.75) is 64.7 Å². The summed E-state index contributed by atoms with van der Waals surface area (Å²) in [6, 6.07) is 6.42. The molecule has 7 heteroatoms. The first-order valence-corrected chi connectivity index (χ1v) is 12.1. The molecule has 1 unspecified atom stereocenters. The van der Waals surface area contributed by atoms with Crippen LogP contribution in [0.2, 0.25) is 0 Å². The molecule has 1 fully saturated rings. The number of hydrogen-bond donors (Lipinski definition) is 3. The number of phenols is 1. The molecule has 1 aromatic carbocycles. The van der Waals surface area contributed by atoms with Crippen molar-refractivity contribution >= 4 is 17.7 Å². The lowest BCUT2D eigenvalue weighted by molar-refractivity contribution is -0.179. The van der Waals surface area contributed by atoms with Gasteiger partial charge in [-0.2, -0.15) is 0 Å². The third kappa shape index (κ3) is 4.33. The lowest BCUT2D eigenvalue weighted by Crippen LogP contribution is -2.59. The van der Waals surface area contributed by atoms with Crippen molar-refractivity contribution in [1.82, 2.24) is 5.32 Å². The molecule has 1 amide bonds. The van der Waals surface area contributed by atoms with Crippen molar-refractivity contribution in [3.05, 3.63) is 64.8 Å². The van der Waals surface area contributed by atoms with E-state index in [1.165, 1.54) is 0 Å². The fraction of sp³-hybridized carbons (Fsp3) is 0.464. The minimum absolute atomic E-state index is 0.0423. The predicted molar refractivity (Wildman–Crippen MR) is 130 cm³/mol. The van der Waals surface area contributed by atoms with Crippen LogP contribution in [0.4, 0.5) is 0 Å². The van der Waals surface area contributed by atoms with E-state index in [-0.39, 0.29) is 29.9 Å². The van der Waals surface area contributed by atoms with Crippen LogP contribution in [0, 0.1) is 17.8 Å². The van der Waals surface area contributed by atoms with Gasteiger partial charge in [0.2, 0.25) is 5.60 Å². The molecule has 6 atom stereocenters. The number of ketones is 1. The number of carbonyl (C=O) groups excluding carboxylic acids is 3. The smallest absolute Gasteiger partial charge is 0.310 e. The number of Topliss-reactive ketones (excluding diaryl/α,β-unsaturated/α-hetero) is 1. The molecular weight excluding hydrogens is 446 g/mol. The number of hydrogen-bond acceptors (Lipinski definition) is 6. The molecule has 0 radical (unpaired) electrons. The van der Waals surface area contributed by atoms with E-state index in [0.29, 0.717) is 18.4 Å². The van der Waals surface area contributed by atoms with E-state index in [0.717, 1.165) is 16.7 Å². The Kier molecular flexibility index (Phi) is 6.73. The van der Waals surface area contributed by atoms with Gasteiger partial charge in [-0.3, -0.25) is 14.4 Å². The fourth-order valence-corrected chi connectivity index (χ4v) is 5.74. The van der Waals surface area contributed by atoms with Crippen molar-refractivity contribution in [2.24, 2.45) is 17.8 Å². The zero-order valence-corrected chi connectivity index (χ0v) is 20.6. The molecule has 0 saturated carbocycles. The third-order valence-electron chi connectivity index (χ3n) is 7.82. The Bertz CT molecular complexity index is 1130. The number of allylic oxidation sites excluding steroid dienone is 2. The third-order valence-corrected chi connectivity index (χ3v) is 7.82. The number of rotatable bonds is 2. The summed E-state index contributed by atoms with van der Waals surface area (Å²) in [5, 5.41) is 24.0. The molecule has 0 bridgehead atoms. The molecular formula is C28H33NO6. The van der Waals surface area contributed by atoms with E-state index in [9.17, 15) is 24.6 Å². The molecule has 3 aliphatic rings. The highest BCUT2D eigenvalue weighted by molar-refractivity contribution is 5.97. The molecule has 1 saturated heterocycles. The van der Waals surface area contributed by atoms with Crippen LogP contribution in [-0.2, 0) is 25.5 Å². The zero-order valence-electron chi connectivity index (χ0n) is 20.6. The summed E-state index contributed by atoms with van der Waals surface area (Å²) in [5.74, 6) is -2.50. The second-order valence-electron chi connectivity index (χ2n) is 10.1. The fourth-order valence-electron chi connectivity index (χ4n) is 5.74. The maximum Gasteiger partial charge on any atom is 0.310 e. The van der Waals surface area contributed by atoms with Gasteiger partial charge in [0.15, 0.2) is 5.78 Å². The van der Waals surface area contributed by atoms with Gasteiger partial charge in [0.05, 0.1) is 24.4 Å². The van der Waals surface area contributed by atoms with Crippen molar-refractivity contribution in [1.29, 1.82) is 0 Å². The van der Waals surface area contributed by atoms with Gasteiger partial charge >= 0.3 is 5.97 Å². The first-order chi connectivity index (χ1) is 16.6. The summed E-state index contributed by atoms with van der Waals surface area (Å²) in [6.45, 7) is 7.23. The molecule has 2 heterocycles. The first kappa shape index (κ1) is 24.9. The van der Waals surface area contributed by atoms with Crippen molar-refractivity contribution < 1.29 is 29.3 Å². The molecule has 0 aromatic heterocycles. The minimum Gasteiger partial charge on any atom is -0.508 e. The van der Waals surface area contributed by atoms with Gasteiger partial charge in [-0.05, 0) is 62.5 Å². The number of ether oxygens (including phenoxy) is 1. The molecule has 7 nitrogen and oxygen atoms in total. The molecule has 4 rings (SSSR count). The maximum atomic E-state index is 13.7. The van der Waals surface area contributed by atoms with Gasteiger partial charge in [-0.15, -0.1) is 0 Å².